The van der Waals surface area contributed by atoms with E-state index in [-0.39, 0.29) is 14.2 Å². The molecule has 1 aliphatic heterocycles. The smallest absolute Gasteiger partial charge is 0.408 e. The van der Waals surface area contributed by atoms with Crippen LogP contribution in [0, 0.1) is 23.2 Å². The van der Waals surface area contributed by atoms with Gasteiger partial charge in [-0.25, -0.2) is 4.79 Å². The van der Waals surface area contributed by atoms with Crippen molar-refractivity contribution in [1.82, 2.24) is 15.2 Å². The Balaban J connectivity index is 0.00000168. The molecule has 2 aliphatic carbocycles. The van der Waals surface area contributed by atoms with Gasteiger partial charge in [-0.1, -0.05) is 41.5 Å². The molecule has 1 amide bonds. The molecule has 1 unspecified atom stereocenters. The summed E-state index contributed by atoms with van der Waals surface area (Å²) in [5.41, 5.74) is 7.03. The molecule has 1 aromatic heterocycles. The molecule has 3 atom stereocenters. The second-order valence-corrected chi connectivity index (χ2v) is 9.99. The van der Waals surface area contributed by atoms with Crippen molar-refractivity contribution in [3.63, 3.8) is 0 Å². The number of hydrogen-bond acceptors (Lipinski definition) is 6. The van der Waals surface area contributed by atoms with Crippen molar-refractivity contribution in [3.05, 3.63) is 76.1 Å². The number of fused-ring (bicyclic) bond motifs is 2. The average molecular weight is 488 g/mol. The van der Waals surface area contributed by atoms with E-state index in [0.717, 1.165) is 41.6 Å². The Morgan fingerprint density at radius 3 is 2.83 bits per heavy atom. The van der Waals surface area contributed by atoms with Gasteiger partial charge in [-0.3, -0.25) is 9.36 Å². The minimum atomic E-state index is -0.654. The van der Waals surface area contributed by atoms with Crippen LogP contribution in [0.4, 0.5) is 0 Å². The van der Waals surface area contributed by atoms with E-state index in [1.165, 1.54) is 15.7 Å². The summed E-state index contributed by atoms with van der Waals surface area (Å²) in [4.78, 5) is 24.7. The molecule has 187 valence electrons. The lowest BCUT2D eigenvalue weighted by Crippen LogP contribution is -2.46. The Kier molecular flexibility index (Phi) is 5.55. The van der Waals surface area contributed by atoms with Crippen molar-refractivity contribution in [2.45, 2.75) is 31.4 Å². The van der Waals surface area contributed by atoms with Gasteiger partial charge in [0.1, 0.15) is 12.1 Å². The number of rotatable bonds is 5. The molecule has 0 bridgehead atoms. The number of benzene rings is 2. The van der Waals surface area contributed by atoms with Crippen LogP contribution in [-0.2, 0) is 23.0 Å². The zero-order valence-corrected chi connectivity index (χ0v) is 20.0. The lowest BCUT2D eigenvalue weighted by Gasteiger charge is -2.28. The molecule has 3 aromatic rings. The summed E-state index contributed by atoms with van der Waals surface area (Å²) in [5, 5.41) is 16.0. The van der Waals surface area contributed by atoms with Gasteiger partial charge in [-0.15, -0.1) is 0 Å². The molecule has 36 heavy (non-hydrogen) atoms. The molecule has 2 aromatic carbocycles. The van der Waals surface area contributed by atoms with Gasteiger partial charge >= 0.3 is 5.76 Å². The largest absolute Gasteiger partial charge is 0.419 e. The fourth-order valence-corrected chi connectivity index (χ4v) is 5.43. The predicted molar refractivity (Wildman–Crippen MR) is 138 cm³/mol. The number of carbonyl (C=O) groups excluding carboxylic acids is 1. The lowest BCUT2D eigenvalue weighted by molar-refractivity contribution is -0.133. The van der Waals surface area contributed by atoms with Crippen molar-refractivity contribution < 1.29 is 16.8 Å². The third kappa shape index (κ3) is 4.04. The van der Waals surface area contributed by atoms with E-state index in [1.807, 2.05) is 36.4 Å². The minimum absolute atomic E-state index is 0. The van der Waals surface area contributed by atoms with E-state index in [9.17, 15) is 14.9 Å². The van der Waals surface area contributed by atoms with E-state index in [2.05, 4.69) is 23.1 Å². The standard InChI is InChI=1S/C28H27N4O4.2H2/c1-32-23-12-19(6-7-24(23)36-27(32)34)18-4-2-17(3-5-18)10-21(13-29)31-26(33)25-14-30-15-28(16-35-25)9-8-20-11-22(20)28;;/h2-7,11-12,21,25,30H,8-10,14-16H2,1H3,(H,31,33);2*1H/t21-,25-,28?;;/m0../s1. The number of ether oxygens (including phenoxy) is 1. The van der Waals surface area contributed by atoms with E-state index in [4.69, 9.17) is 9.15 Å². The topological polar surface area (TPSA) is 109 Å². The number of nitriles is 1. The molecule has 0 saturated carbocycles. The molecule has 1 saturated heterocycles. The normalized spacial score (nSPS) is 23.8. The first-order valence-corrected chi connectivity index (χ1v) is 12.3. The van der Waals surface area contributed by atoms with Crippen LogP contribution in [0.15, 0.2) is 62.8 Å². The number of amides is 1. The summed E-state index contributed by atoms with van der Waals surface area (Å²) >= 11 is 0. The summed E-state index contributed by atoms with van der Waals surface area (Å²) in [7, 11) is 1.68. The minimum Gasteiger partial charge on any atom is -0.408 e. The molecule has 1 fully saturated rings. The number of nitrogens with one attached hydrogen (secondary N) is 2. The summed E-state index contributed by atoms with van der Waals surface area (Å²) in [6.45, 7) is 1.80. The molecule has 1 radical (unpaired) electrons. The molecule has 8 nitrogen and oxygen atoms in total. The maximum absolute atomic E-state index is 12.9. The predicted octanol–water partition coefficient (Wildman–Crippen LogP) is 3.12. The second kappa shape index (κ2) is 8.77. The van der Waals surface area contributed by atoms with Crippen LogP contribution in [0.25, 0.3) is 22.2 Å². The third-order valence-electron chi connectivity index (χ3n) is 7.66. The highest BCUT2D eigenvalue weighted by Gasteiger charge is 2.49. The highest BCUT2D eigenvalue weighted by atomic mass is 16.5. The van der Waals surface area contributed by atoms with Crippen LogP contribution in [0.5, 0.6) is 0 Å². The van der Waals surface area contributed by atoms with Crippen LogP contribution in [0.2, 0.25) is 0 Å². The molecule has 3 aliphatic rings. The van der Waals surface area contributed by atoms with Gasteiger partial charge in [-0.2, -0.15) is 5.26 Å². The van der Waals surface area contributed by atoms with Gasteiger partial charge in [0, 0.05) is 41.2 Å². The Hall–Kier alpha value is -3.67. The maximum atomic E-state index is 12.9. The Morgan fingerprint density at radius 2 is 2.11 bits per heavy atom. The SMILES string of the molecule is Cn1c(=O)oc2ccc(-c3ccc(C[C@@H](C#N)NC(=O)[C@@H]4CNCC5(CCC6=C5[CH]6)CO4)cc3)cc21.[HH].[HH]. The fourth-order valence-electron chi connectivity index (χ4n) is 5.43. The molecule has 6 rings (SSSR count). The van der Waals surface area contributed by atoms with Crippen molar-refractivity contribution in [1.29, 1.82) is 5.26 Å². The van der Waals surface area contributed by atoms with E-state index in [1.54, 1.807) is 13.1 Å². The number of allylic oxidation sites excluding steroid dienone is 1. The van der Waals surface area contributed by atoms with Gasteiger partial charge in [0.2, 0.25) is 0 Å². The second-order valence-electron chi connectivity index (χ2n) is 9.99. The molecular weight excluding hydrogens is 456 g/mol. The van der Waals surface area contributed by atoms with Gasteiger partial charge in [0.05, 0.1) is 18.2 Å². The third-order valence-corrected chi connectivity index (χ3v) is 7.66. The summed E-state index contributed by atoms with van der Waals surface area (Å²) in [6.07, 6.45) is 4.20. The number of carbonyl (C=O) groups is 1. The van der Waals surface area contributed by atoms with E-state index >= 15 is 0 Å². The van der Waals surface area contributed by atoms with Gasteiger partial charge in [0.25, 0.3) is 5.91 Å². The van der Waals surface area contributed by atoms with Crippen molar-refractivity contribution in [2.75, 3.05) is 19.7 Å². The molecule has 2 heterocycles. The van der Waals surface area contributed by atoms with Crippen LogP contribution in [0.1, 0.15) is 21.3 Å². The maximum Gasteiger partial charge on any atom is 0.419 e. The fraction of sp³-hybridized carbons (Fsp3) is 0.357. The number of oxazole rings is 1. The van der Waals surface area contributed by atoms with Crippen molar-refractivity contribution in [3.8, 4) is 17.2 Å². The van der Waals surface area contributed by atoms with E-state index < -0.39 is 17.9 Å². The Labute approximate surface area is 211 Å². The number of aryl methyl sites for hydroxylation is 1. The van der Waals surface area contributed by atoms with Gasteiger partial charge in [0.15, 0.2) is 5.58 Å². The van der Waals surface area contributed by atoms with Gasteiger partial charge < -0.3 is 19.8 Å². The first kappa shape index (κ1) is 22.8. The van der Waals surface area contributed by atoms with Crippen LogP contribution in [0.3, 0.4) is 0 Å². The number of aromatic nitrogens is 1. The van der Waals surface area contributed by atoms with E-state index in [0.29, 0.717) is 25.2 Å². The first-order valence-electron chi connectivity index (χ1n) is 12.3. The average Bonchev–Trinajstić information content (AvgIpc) is 3.58. The highest BCUT2D eigenvalue weighted by Crippen LogP contribution is 2.56. The Bertz CT molecular complexity index is 1490. The molecule has 2 N–H and O–H groups in total. The summed E-state index contributed by atoms with van der Waals surface area (Å²) < 4.78 is 12.7. The zero-order chi connectivity index (χ0) is 24.9. The number of hydrogen-bond donors (Lipinski definition) is 2. The monoisotopic (exact) mass is 487 g/mol. The highest BCUT2D eigenvalue weighted by molar-refractivity contribution is 5.82. The van der Waals surface area contributed by atoms with Crippen LogP contribution >= 0.6 is 0 Å². The van der Waals surface area contributed by atoms with Gasteiger partial charge in [-0.05, 0) is 41.7 Å². The molecule has 1 spiro atoms. The molecule has 8 heteroatoms. The van der Waals surface area contributed by atoms with Crippen molar-refractivity contribution >= 4 is 17.0 Å². The Morgan fingerprint density at radius 1 is 1.31 bits per heavy atom. The summed E-state index contributed by atoms with van der Waals surface area (Å²) in [5.74, 6) is -0.646. The lowest BCUT2D eigenvalue weighted by atomic mass is 9.83. The summed E-state index contributed by atoms with van der Waals surface area (Å²) in [6, 6.07) is 15.0. The zero-order valence-electron chi connectivity index (χ0n) is 20.0. The van der Waals surface area contributed by atoms with Crippen molar-refractivity contribution in [2.24, 2.45) is 12.5 Å². The quantitative estimate of drug-likeness (QED) is 0.572. The first-order chi connectivity index (χ1) is 17.5. The number of nitrogens with zero attached hydrogens (tertiary/aromatic N) is 2. The van der Waals surface area contributed by atoms with Crippen LogP contribution < -0.4 is 16.4 Å². The van der Waals surface area contributed by atoms with Crippen LogP contribution in [-0.4, -0.2) is 42.3 Å². The molecular formula is C28H31N4O4.